The molecule has 4 rings (SSSR count). The fourth-order valence-electron chi connectivity index (χ4n) is 2.39. The quantitative estimate of drug-likeness (QED) is 0.582. The largest absolute Gasteiger partial charge is 0.454 e. The third kappa shape index (κ3) is 2.78. The highest BCUT2D eigenvalue weighted by Crippen LogP contribution is 2.32. The summed E-state index contributed by atoms with van der Waals surface area (Å²) in [5.41, 5.74) is 5.64. The molecule has 0 aliphatic carbocycles. The predicted molar refractivity (Wildman–Crippen MR) is 90.5 cm³/mol. The first-order chi connectivity index (χ1) is 11.3. The van der Waals surface area contributed by atoms with Crippen LogP contribution in [0.4, 0.5) is 5.69 Å². The number of rotatable bonds is 3. The van der Waals surface area contributed by atoms with E-state index in [0.29, 0.717) is 5.02 Å². The maximum Gasteiger partial charge on any atom is 0.231 e. The van der Waals surface area contributed by atoms with E-state index in [1.807, 2.05) is 42.5 Å². The molecule has 6 heteroatoms. The summed E-state index contributed by atoms with van der Waals surface area (Å²) in [6.45, 7) is 0.264. The molecule has 0 unspecified atom stereocenters. The van der Waals surface area contributed by atoms with Gasteiger partial charge in [-0.2, -0.15) is 5.10 Å². The topological polar surface area (TPSA) is 55.7 Å². The van der Waals surface area contributed by atoms with Crippen LogP contribution < -0.4 is 14.9 Å². The van der Waals surface area contributed by atoms with Gasteiger partial charge in [0.05, 0.1) is 17.4 Å². The Balaban J connectivity index is 1.57. The molecule has 1 aromatic heterocycles. The first kappa shape index (κ1) is 13.8. The molecule has 0 saturated carbocycles. The fraction of sp³-hybridized carbons (Fsp3) is 0.0588. The second-order valence-electron chi connectivity index (χ2n) is 5.00. The number of ether oxygens (including phenoxy) is 2. The van der Waals surface area contributed by atoms with Crippen molar-refractivity contribution in [1.82, 2.24) is 4.98 Å². The van der Waals surface area contributed by atoms with Crippen LogP contribution in [0.15, 0.2) is 53.8 Å². The molecule has 3 aromatic rings. The number of anilines is 1. The smallest absolute Gasteiger partial charge is 0.231 e. The number of aromatic nitrogens is 1. The van der Waals surface area contributed by atoms with E-state index in [0.717, 1.165) is 33.7 Å². The summed E-state index contributed by atoms with van der Waals surface area (Å²) in [6.07, 6.45) is 3.45. The molecule has 2 heterocycles. The number of hydrogen-bond acceptors (Lipinski definition) is 5. The van der Waals surface area contributed by atoms with Gasteiger partial charge in [-0.25, -0.2) is 0 Å². The van der Waals surface area contributed by atoms with Crippen molar-refractivity contribution < 1.29 is 9.47 Å². The monoisotopic (exact) mass is 325 g/mol. The van der Waals surface area contributed by atoms with E-state index < -0.39 is 0 Å². The van der Waals surface area contributed by atoms with Gasteiger partial charge in [-0.3, -0.25) is 10.4 Å². The van der Waals surface area contributed by atoms with E-state index >= 15 is 0 Å². The van der Waals surface area contributed by atoms with Crippen LogP contribution in [-0.2, 0) is 0 Å². The zero-order valence-corrected chi connectivity index (χ0v) is 12.7. The number of halogens is 1. The average molecular weight is 326 g/mol. The van der Waals surface area contributed by atoms with Gasteiger partial charge >= 0.3 is 0 Å². The molecule has 1 aliphatic heterocycles. The van der Waals surface area contributed by atoms with Gasteiger partial charge in [0.2, 0.25) is 6.79 Å². The highest BCUT2D eigenvalue weighted by Gasteiger charge is 2.12. The van der Waals surface area contributed by atoms with Crippen LogP contribution in [0.3, 0.4) is 0 Å². The molecular formula is C17H12ClN3O2. The predicted octanol–water partition coefficient (Wildman–Crippen LogP) is 4.06. The fourth-order valence-corrected chi connectivity index (χ4v) is 2.55. The number of hydrogen-bond donors (Lipinski definition) is 1. The van der Waals surface area contributed by atoms with Crippen molar-refractivity contribution in [1.29, 1.82) is 0 Å². The average Bonchev–Trinajstić information content (AvgIpc) is 3.02. The zero-order chi connectivity index (χ0) is 15.6. The molecule has 114 valence electrons. The highest BCUT2D eigenvalue weighted by molar-refractivity contribution is 6.31. The van der Waals surface area contributed by atoms with Gasteiger partial charge in [0, 0.05) is 16.6 Å². The van der Waals surface area contributed by atoms with Gasteiger partial charge in [-0.05, 0) is 48.0 Å². The van der Waals surface area contributed by atoms with Crippen molar-refractivity contribution in [2.45, 2.75) is 0 Å². The number of fused-ring (bicyclic) bond motifs is 2. The molecule has 0 atom stereocenters. The zero-order valence-electron chi connectivity index (χ0n) is 12.0. The highest BCUT2D eigenvalue weighted by atomic mass is 35.5. The van der Waals surface area contributed by atoms with Gasteiger partial charge in [0.15, 0.2) is 11.5 Å². The Morgan fingerprint density at radius 3 is 2.96 bits per heavy atom. The third-order valence-electron chi connectivity index (χ3n) is 3.50. The van der Waals surface area contributed by atoms with E-state index in [1.54, 1.807) is 12.4 Å². The minimum atomic E-state index is 0.264. The Labute approximate surface area is 137 Å². The summed E-state index contributed by atoms with van der Waals surface area (Å²) in [5, 5.41) is 5.89. The SMILES string of the molecule is Clc1ccc2c(N/N=C\c3ccc4c(c3)OCO4)ccnc2c1. The van der Waals surface area contributed by atoms with Crippen LogP contribution >= 0.6 is 11.6 Å². The van der Waals surface area contributed by atoms with Gasteiger partial charge in [0.25, 0.3) is 0 Å². The van der Waals surface area contributed by atoms with E-state index in [2.05, 4.69) is 15.5 Å². The summed E-state index contributed by atoms with van der Waals surface area (Å²) in [6, 6.07) is 13.1. The van der Waals surface area contributed by atoms with E-state index in [1.165, 1.54) is 0 Å². The molecule has 0 amide bonds. The van der Waals surface area contributed by atoms with Crippen molar-refractivity contribution in [2.24, 2.45) is 5.10 Å². The molecule has 2 aromatic carbocycles. The summed E-state index contributed by atoms with van der Waals surface area (Å²) in [5.74, 6) is 1.49. The molecule has 0 spiro atoms. The molecule has 0 saturated heterocycles. The second-order valence-corrected chi connectivity index (χ2v) is 5.44. The summed E-state index contributed by atoms with van der Waals surface area (Å²) in [4.78, 5) is 4.30. The molecule has 1 aliphatic rings. The van der Waals surface area contributed by atoms with E-state index in [4.69, 9.17) is 21.1 Å². The second kappa shape index (κ2) is 5.78. The van der Waals surface area contributed by atoms with Crippen LogP contribution in [0.5, 0.6) is 11.5 Å². The Bertz CT molecular complexity index is 911. The lowest BCUT2D eigenvalue weighted by Gasteiger charge is -2.05. The van der Waals surface area contributed by atoms with E-state index in [-0.39, 0.29) is 6.79 Å². The van der Waals surface area contributed by atoms with Crippen LogP contribution in [0, 0.1) is 0 Å². The Morgan fingerprint density at radius 2 is 2.00 bits per heavy atom. The van der Waals surface area contributed by atoms with Gasteiger partial charge in [0.1, 0.15) is 0 Å². The summed E-state index contributed by atoms with van der Waals surface area (Å²) in [7, 11) is 0. The Kier molecular flexibility index (Phi) is 3.48. The first-order valence-electron chi connectivity index (χ1n) is 7.02. The summed E-state index contributed by atoms with van der Waals surface area (Å²) >= 11 is 5.99. The van der Waals surface area contributed by atoms with Crippen molar-refractivity contribution in [2.75, 3.05) is 12.2 Å². The summed E-state index contributed by atoms with van der Waals surface area (Å²) < 4.78 is 10.6. The number of hydrazone groups is 1. The standard InChI is InChI=1S/C17H12ClN3O2/c18-12-2-3-13-14(5-6-19-15(13)8-12)21-20-9-11-1-4-16-17(7-11)23-10-22-16/h1-9H,10H2,(H,19,21)/b20-9-. The Morgan fingerprint density at radius 1 is 1.09 bits per heavy atom. The van der Waals surface area contributed by atoms with Crippen LogP contribution in [0.1, 0.15) is 5.56 Å². The molecule has 23 heavy (non-hydrogen) atoms. The van der Waals surface area contributed by atoms with Gasteiger partial charge in [-0.1, -0.05) is 11.6 Å². The van der Waals surface area contributed by atoms with Crippen molar-refractivity contribution in [3.63, 3.8) is 0 Å². The van der Waals surface area contributed by atoms with E-state index in [9.17, 15) is 0 Å². The lowest BCUT2D eigenvalue weighted by molar-refractivity contribution is 0.174. The first-order valence-corrected chi connectivity index (χ1v) is 7.40. The maximum absolute atomic E-state index is 5.99. The molecule has 5 nitrogen and oxygen atoms in total. The maximum atomic E-state index is 5.99. The van der Waals surface area contributed by atoms with Crippen molar-refractivity contribution in [3.8, 4) is 11.5 Å². The molecule has 0 bridgehead atoms. The number of pyridine rings is 1. The van der Waals surface area contributed by atoms with Crippen LogP contribution in [0.2, 0.25) is 5.02 Å². The normalized spacial score (nSPS) is 12.9. The van der Waals surface area contributed by atoms with Gasteiger partial charge in [-0.15, -0.1) is 0 Å². The molecule has 0 radical (unpaired) electrons. The number of nitrogens with zero attached hydrogens (tertiary/aromatic N) is 2. The third-order valence-corrected chi connectivity index (χ3v) is 3.74. The number of nitrogens with one attached hydrogen (secondary N) is 1. The van der Waals surface area contributed by atoms with Crippen LogP contribution in [0.25, 0.3) is 10.9 Å². The minimum absolute atomic E-state index is 0.264. The van der Waals surface area contributed by atoms with Gasteiger partial charge < -0.3 is 9.47 Å². The minimum Gasteiger partial charge on any atom is -0.454 e. The molecular weight excluding hydrogens is 314 g/mol. The molecule has 0 fully saturated rings. The Hall–Kier alpha value is -2.79. The van der Waals surface area contributed by atoms with Crippen LogP contribution in [-0.4, -0.2) is 18.0 Å². The lowest BCUT2D eigenvalue weighted by Crippen LogP contribution is -1.93. The van der Waals surface area contributed by atoms with Crippen molar-refractivity contribution in [3.05, 3.63) is 59.2 Å². The van der Waals surface area contributed by atoms with Crippen molar-refractivity contribution >= 4 is 34.4 Å². The molecule has 1 N–H and O–H groups in total. The number of benzene rings is 2. The lowest BCUT2D eigenvalue weighted by atomic mass is 10.2.